The molecule has 1 fully saturated rings. The van der Waals surface area contributed by atoms with Gasteiger partial charge in [0.05, 0.1) is 11.5 Å². The molecule has 2 unspecified atom stereocenters. The highest BCUT2D eigenvalue weighted by Crippen LogP contribution is 2.64. The maximum atomic E-state index is 12.5. The van der Waals surface area contributed by atoms with E-state index in [9.17, 15) is 4.79 Å². The predicted octanol–water partition coefficient (Wildman–Crippen LogP) is 5.10. The summed E-state index contributed by atoms with van der Waals surface area (Å²) in [7, 11) is 1.73. The highest BCUT2D eigenvalue weighted by Gasteiger charge is 2.68. The minimum atomic E-state index is -0.970. The molecule has 1 amide bonds. The smallest absolute Gasteiger partial charge is 0.231 e. The fraction of sp³-hybridized carbons (Fsp3) is 0.500. The molecule has 0 spiro atoms. The summed E-state index contributed by atoms with van der Waals surface area (Å²) in [5, 5.41) is 1.10. The second-order valence-corrected chi connectivity index (χ2v) is 7.80. The van der Waals surface area contributed by atoms with Gasteiger partial charge >= 0.3 is 0 Å². The van der Waals surface area contributed by atoms with Crippen LogP contribution in [-0.2, 0) is 4.79 Å². The normalized spacial score (nSPS) is 25.1. The van der Waals surface area contributed by atoms with Gasteiger partial charge in [-0.3, -0.25) is 4.79 Å². The van der Waals surface area contributed by atoms with Gasteiger partial charge in [0.15, 0.2) is 0 Å². The number of halogens is 4. The zero-order chi connectivity index (χ0) is 15.3. The lowest BCUT2D eigenvalue weighted by Gasteiger charge is -2.29. The molecule has 2 rings (SSSR count). The summed E-state index contributed by atoms with van der Waals surface area (Å²) in [4.78, 5) is 14.2. The third-order valence-corrected chi connectivity index (χ3v) is 5.71. The standard InChI is InChI=1S/C14H15Cl4NO/c1-8(10-5-4-9(15)6-11(10)16)19(3)12(20)13(2)7-14(13,17)18/h4-6,8H,7H2,1-3H3. The average molecular weight is 355 g/mol. The van der Waals surface area contributed by atoms with Gasteiger partial charge in [-0.15, -0.1) is 23.2 Å². The van der Waals surface area contributed by atoms with E-state index in [1.54, 1.807) is 31.0 Å². The van der Waals surface area contributed by atoms with Crippen LogP contribution in [0, 0.1) is 5.41 Å². The highest BCUT2D eigenvalue weighted by molar-refractivity contribution is 6.53. The quantitative estimate of drug-likeness (QED) is 0.691. The number of amides is 1. The molecule has 2 atom stereocenters. The third-order valence-electron chi connectivity index (χ3n) is 4.04. The van der Waals surface area contributed by atoms with Crippen LogP contribution in [-0.4, -0.2) is 22.2 Å². The van der Waals surface area contributed by atoms with Gasteiger partial charge in [-0.1, -0.05) is 29.3 Å². The van der Waals surface area contributed by atoms with E-state index >= 15 is 0 Å². The zero-order valence-corrected chi connectivity index (χ0v) is 14.4. The second kappa shape index (κ2) is 5.24. The monoisotopic (exact) mass is 353 g/mol. The fourth-order valence-electron chi connectivity index (χ4n) is 2.25. The number of nitrogens with zero attached hydrogens (tertiary/aromatic N) is 1. The number of carbonyl (C=O) groups excluding carboxylic acids is 1. The Hall–Kier alpha value is -0.150. The zero-order valence-electron chi connectivity index (χ0n) is 11.4. The van der Waals surface area contributed by atoms with Crippen molar-refractivity contribution in [3.8, 4) is 0 Å². The molecule has 1 saturated carbocycles. The second-order valence-electron chi connectivity index (χ2n) is 5.47. The first-order chi connectivity index (χ1) is 9.10. The van der Waals surface area contributed by atoms with E-state index < -0.39 is 9.75 Å². The molecular weight excluding hydrogens is 340 g/mol. The van der Waals surface area contributed by atoms with Crippen molar-refractivity contribution in [2.75, 3.05) is 7.05 Å². The Kier molecular flexibility index (Phi) is 4.25. The van der Waals surface area contributed by atoms with E-state index in [2.05, 4.69) is 0 Å². The van der Waals surface area contributed by atoms with Gasteiger partial charge in [-0.25, -0.2) is 0 Å². The SMILES string of the molecule is CC(c1ccc(Cl)cc1Cl)N(C)C(=O)C1(C)CC1(Cl)Cl. The van der Waals surface area contributed by atoms with Crippen LogP contribution in [0.2, 0.25) is 10.0 Å². The molecule has 1 aliphatic carbocycles. The van der Waals surface area contributed by atoms with Crippen molar-refractivity contribution in [1.82, 2.24) is 4.90 Å². The number of alkyl halides is 2. The van der Waals surface area contributed by atoms with Crippen molar-refractivity contribution in [1.29, 1.82) is 0 Å². The van der Waals surface area contributed by atoms with Gasteiger partial charge < -0.3 is 4.90 Å². The van der Waals surface area contributed by atoms with Crippen LogP contribution in [0.3, 0.4) is 0 Å². The van der Waals surface area contributed by atoms with Crippen LogP contribution in [0.1, 0.15) is 31.9 Å². The Bertz CT molecular complexity index is 560. The number of carbonyl (C=O) groups is 1. The van der Waals surface area contributed by atoms with Crippen LogP contribution in [0.4, 0.5) is 0 Å². The molecular formula is C14H15Cl4NO. The number of benzene rings is 1. The van der Waals surface area contributed by atoms with E-state index in [-0.39, 0.29) is 11.9 Å². The topological polar surface area (TPSA) is 20.3 Å². The van der Waals surface area contributed by atoms with Gasteiger partial charge in [0.25, 0.3) is 0 Å². The van der Waals surface area contributed by atoms with Crippen molar-refractivity contribution < 1.29 is 4.79 Å². The summed E-state index contributed by atoms with van der Waals surface area (Å²) in [6.07, 6.45) is 0.466. The van der Waals surface area contributed by atoms with E-state index in [4.69, 9.17) is 46.4 Å². The predicted molar refractivity (Wildman–Crippen MR) is 84.8 cm³/mol. The molecule has 0 aliphatic heterocycles. The summed E-state index contributed by atoms with van der Waals surface area (Å²) in [6.45, 7) is 3.69. The first kappa shape index (κ1) is 16.2. The molecule has 1 aliphatic rings. The molecule has 6 heteroatoms. The van der Waals surface area contributed by atoms with Gasteiger partial charge in [-0.05, 0) is 38.0 Å². The molecule has 0 N–H and O–H groups in total. The van der Waals surface area contributed by atoms with E-state index in [1.807, 2.05) is 13.0 Å². The molecule has 0 aromatic heterocycles. The highest BCUT2D eigenvalue weighted by atomic mass is 35.5. The summed E-state index contributed by atoms with van der Waals surface area (Å²) in [6, 6.07) is 5.06. The molecule has 0 bridgehead atoms. The van der Waals surface area contributed by atoms with Crippen molar-refractivity contribution in [3.63, 3.8) is 0 Å². The van der Waals surface area contributed by atoms with Gasteiger partial charge in [0.2, 0.25) is 5.91 Å². The van der Waals surface area contributed by atoms with E-state index in [0.29, 0.717) is 16.5 Å². The maximum absolute atomic E-state index is 12.5. The number of hydrogen-bond acceptors (Lipinski definition) is 1. The van der Waals surface area contributed by atoms with Crippen molar-refractivity contribution >= 4 is 52.3 Å². The number of hydrogen-bond donors (Lipinski definition) is 0. The number of rotatable bonds is 3. The van der Waals surface area contributed by atoms with Crippen LogP contribution >= 0.6 is 46.4 Å². The first-order valence-electron chi connectivity index (χ1n) is 6.20. The Labute approximate surface area is 138 Å². The largest absolute Gasteiger partial charge is 0.338 e. The minimum absolute atomic E-state index is 0.0824. The summed E-state index contributed by atoms with van der Waals surface area (Å²) < 4.78 is -0.970. The van der Waals surface area contributed by atoms with E-state index in [0.717, 1.165) is 5.56 Å². The van der Waals surface area contributed by atoms with Crippen LogP contribution in [0.5, 0.6) is 0 Å². The third kappa shape index (κ3) is 2.64. The summed E-state index contributed by atoms with van der Waals surface area (Å²) >= 11 is 24.2. The fourth-order valence-corrected chi connectivity index (χ4v) is 3.51. The first-order valence-corrected chi connectivity index (χ1v) is 7.71. The van der Waals surface area contributed by atoms with Crippen LogP contribution < -0.4 is 0 Å². The molecule has 1 aromatic carbocycles. The molecule has 1 aromatic rings. The Morgan fingerprint density at radius 2 is 1.90 bits per heavy atom. The summed E-state index contributed by atoms with van der Waals surface area (Å²) in [5.41, 5.74) is 0.115. The average Bonchev–Trinajstić information content (AvgIpc) is 2.87. The lowest BCUT2D eigenvalue weighted by Crippen LogP contribution is -2.37. The Morgan fingerprint density at radius 1 is 1.35 bits per heavy atom. The van der Waals surface area contributed by atoms with Crippen molar-refractivity contribution in [2.45, 2.75) is 30.6 Å². The van der Waals surface area contributed by atoms with Gasteiger partial charge in [-0.2, -0.15) is 0 Å². The molecule has 2 nitrogen and oxygen atoms in total. The maximum Gasteiger partial charge on any atom is 0.231 e. The molecule has 110 valence electrons. The molecule has 20 heavy (non-hydrogen) atoms. The van der Waals surface area contributed by atoms with E-state index in [1.165, 1.54) is 0 Å². The molecule has 0 heterocycles. The summed E-state index contributed by atoms with van der Waals surface area (Å²) in [5.74, 6) is -0.0824. The van der Waals surface area contributed by atoms with Gasteiger partial charge in [0.1, 0.15) is 4.33 Å². The lowest BCUT2D eigenvalue weighted by molar-refractivity contribution is -0.137. The molecule has 0 saturated heterocycles. The van der Waals surface area contributed by atoms with Crippen molar-refractivity contribution in [2.24, 2.45) is 5.41 Å². The minimum Gasteiger partial charge on any atom is -0.338 e. The van der Waals surface area contributed by atoms with Crippen molar-refractivity contribution in [3.05, 3.63) is 33.8 Å². The van der Waals surface area contributed by atoms with Crippen LogP contribution in [0.15, 0.2) is 18.2 Å². The lowest BCUT2D eigenvalue weighted by atomic mass is 10.0. The van der Waals surface area contributed by atoms with Gasteiger partial charge in [0, 0.05) is 17.1 Å². The Balaban J connectivity index is 2.21. The van der Waals surface area contributed by atoms with Crippen LogP contribution in [0.25, 0.3) is 0 Å². The molecule has 0 radical (unpaired) electrons. The Morgan fingerprint density at radius 3 is 2.35 bits per heavy atom.